The maximum absolute atomic E-state index is 13.4. The molecule has 174 valence electrons. The molecule has 1 N–H and O–H groups in total. The SMILES string of the molecule is CCc1cc(Br)cc(C)c1NC(=O)CN(CCc1ccccc1)S(=O)(=O)c1ccc(C)cc1. The Morgan fingerprint density at radius 3 is 2.30 bits per heavy atom. The summed E-state index contributed by atoms with van der Waals surface area (Å²) in [6, 6.07) is 20.3. The summed E-state index contributed by atoms with van der Waals surface area (Å²) in [4.78, 5) is 13.2. The Bertz CT molecular complexity index is 1210. The van der Waals surface area contributed by atoms with Gasteiger partial charge in [0.2, 0.25) is 15.9 Å². The first kappa shape index (κ1) is 25.1. The molecule has 0 heterocycles. The van der Waals surface area contributed by atoms with E-state index in [4.69, 9.17) is 0 Å². The van der Waals surface area contributed by atoms with Crippen molar-refractivity contribution in [2.45, 2.75) is 38.5 Å². The number of sulfonamides is 1. The van der Waals surface area contributed by atoms with Gasteiger partial charge in [0.1, 0.15) is 0 Å². The van der Waals surface area contributed by atoms with Gasteiger partial charge in [0, 0.05) is 16.7 Å². The zero-order valence-electron chi connectivity index (χ0n) is 19.1. The molecule has 5 nitrogen and oxygen atoms in total. The highest BCUT2D eigenvalue weighted by atomic mass is 79.9. The number of amides is 1. The van der Waals surface area contributed by atoms with Crippen molar-refractivity contribution >= 4 is 37.5 Å². The van der Waals surface area contributed by atoms with Gasteiger partial charge in [-0.15, -0.1) is 0 Å². The number of nitrogens with zero attached hydrogens (tertiary/aromatic N) is 1. The second-order valence-corrected chi connectivity index (χ2v) is 10.9. The van der Waals surface area contributed by atoms with Gasteiger partial charge in [0.15, 0.2) is 0 Å². The highest BCUT2D eigenvalue weighted by molar-refractivity contribution is 9.10. The zero-order valence-corrected chi connectivity index (χ0v) is 21.5. The molecule has 7 heteroatoms. The molecule has 3 rings (SSSR count). The summed E-state index contributed by atoms with van der Waals surface area (Å²) in [5.74, 6) is -0.362. The quantitative estimate of drug-likeness (QED) is 0.398. The lowest BCUT2D eigenvalue weighted by atomic mass is 10.1. The minimum Gasteiger partial charge on any atom is -0.324 e. The van der Waals surface area contributed by atoms with Crippen LogP contribution in [0.25, 0.3) is 0 Å². The molecule has 0 aliphatic carbocycles. The summed E-state index contributed by atoms with van der Waals surface area (Å²) in [5.41, 5.74) is 4.64. The summed E-state index contributed by atoms with van der Waals surface area (Å²) in [6.45, 7) is 5.79. The van der Waals surface area contributed by atoms with E-state index in [9.17, 15) is 13.2 Å². The number of aryl methyl sites for hydroxylation is 3. The van der Waals surface area contributed by atoms with Crippen LogP contribution in [0.4, 0.5) is 5.69 Å². The smallest absolute Gasteiger partial charge is 0.243 e. The molecule has 0 radical (unpaired) electrons. The van der Waals surface area contributed by atoms with Gasteiger partial charge in [0.05, 0.1) is 11.4 Å². The van der Waals surface area contributed by atoms with E-state index in [1.54, 1.807) is 24.3 Å². The molecule has 3 aromatic carbocycles. The second-order valence-electron chi connectivity index (χ2n) is 8.05. The number of carbonyl (C=O) groups excluding carboxylic acids is 1. The van der Waals surface area contributed by atoms with Gasteiger partial charge in [-0.2, -0.15) is 4.31 Å². The van der Waals surface area contributed by atoms with E-state index in [-0.39, 0.29) is 23.9 Å². The molecule has 0 fully saturated rings. The van der Waals surface area contributed by atoms with Crippen LogP contribution in [-0.4, -0.2) is 31.7 Å². The molecular weight excluding hydrogens is 500 g/mol. The lowest BCUT2D eigenvalue weighted by Crippen LogP contribution is -2.39. The number of hydrogen-bond acceptors (Lipinski definition) is 3. The summed E-state index contributed by atoms with van der Waals surface area (Å²) < 4.78 is 29.1. The lowest BCUT2D eigenvalue weighted by Gasteiger charge is -2.23. The molecule has 0 aromatic heterocycles. The predicted molar refractivity (Wildman–Crippen MR) is 137 cm³/mol. The first-order valence-corrected chi connectivity index (χ1v) is 13.1. The molecule has 3 aromatic rings. The number of benzene rings is 3. The topological polar surface area (TPSA) is 66.5 Å². The van der Waals surface area contributed by atoms with Crippen molar-refractivity contribution in [2.24, 2.45) is 0 Å². The van der Waals surface area contributed by atoms with E-state index in [0.29, 0.717) is 6.42 Å². The van der Waals surface area contributed by atoms with E-state index in [2.05, 4.69) is 21.2 Å². The zero-order chi connectivity index (χ0) is 24.0. The van der Waals surface area contributed by atoms with Gasteiger partial charge >= 0.3 is 0 Å². The molecule has 0 aliphatic rings. The molecule has 0 saturated carbocycles. The van der Waals surface area contributed by atoms with Crippen LogP contribution < -0.4 is 5.32 Å². The highest BCUT2D eigenvalue weighted by Gasteiger charge is 2.27. The average Bonchev–Trinajstić information content (AvgIpc) is 2.79. The van der Waals surface area contributed by atoms with Gasteiger partial charge in [0.25, 0.3) is 0 Å². The van der Waals surface area contributed by atoms with Gasteiger partial charge in [-0.25, -0.2) is 8.42 Å². The van der Waals surface area contributed by atoms with Crippen LogP contribution in [0, 0.1) is 13.8 Å². The van der Waals surface area contributed by atoms with Crippen molar-refractivity contribution in [3.63, 3.8) is 0 Å². The van der Waals surface area contributed by atoms with Crippen LogP contribution in [-0.2, 0) is 27.7 Å². The van der Waals surface area contributed by atoms with Crippen molar-refractivity contribution in [1.82, 2.24) is 4.31 Å². The van der Waals surface area contributed by atoms with E-state index >= 15 is 0 Å². The van der Waals surface area contributed by atoms with Gasteiger partial charge in [-0.3, -0.25) is 4.79 Å². The van der Waals surface area contributed by atoms with Crippen molar-refractivity contribution in [2.75, 3.05) is 18.4 Å². The largest absolute Gasteiger partial charge is 0.324 e. The molecule has 1 amide bonds. The Kier molecular flexibility index (Phi) is 8.46. The van der Waals surface area contributed by atoms with Crippen LogP contribution in [0.15, 0.2) is 76.1 Å². The van der Waals surface area contributed by atoms with Crippen molar-refractivity contribution < 1.29 is 13.2 Å². The number of anilines is 1. The van der Waals surface area contributed by atoms with Gasteiger partial charge in [-0.05, 0) is 67.6 Å². The van der Waals surface area contributed by atoms with Gasteiger partial charge in [-0.1, -0.05) is 70.9 Å². The Hall–Kier alpha value is -2.48. The number of halogens is 1. The Labute approximate surface area is 205 Å². The maximum atomic E-state index is 13.4. The highest BCUT2D eigenvalue weighted by Crippen LogP contribution is 2.26. The Morgan fingerprint density at radius 1 is 1.00 bits per heavy atom. The lowest BCUT2D eigenvalue weighted by molar-refractivity contribution is -0.116. The summed E-state index contributed by atoms with van der Waals surface area (Å²) in [7, 11) is -3.84. The predicted octanol–water partition coefficient (Wildman–Crippen LogP) is 5.50. The third-order valence-corrected chi connectivity index (χ3v) is 7.82. The van der Waals surface area contributed by atoms with Crippen molar-refractivity contribution in [3.05, 3.63) is 93.5 Å². The van der Waals surface area contributed by atoms with Crippen LogP contribution in [0.5, 0.6) is 0 Å². The van der Waals surface area contributed by atoms with Gasteiger partial charge < -0.3 is 5.32 Å². The summed E-state index contributed by atoms with van der Waals surface area (Å²) >= 11 is 3.49. The number of hydrogen-bond donors (Lipinski definition) is 1. The minimum absolute atomic E-state index is 0.183. The fraction of sp³-hybridized carbons (Fsp3) is 0.269. The fourth-order valence-corrected chi connectivity index (χ4v) is 5.67. The average molecular weight is 530 g/mol. The first-order chi connectivity index (χ1) is 15.7. The van der Waals surface area contributed by atoms with Crippen molar-refractivity contribution in [3.8, 4) is 0 Å². The van der Waals surface area contributed by atoms with Crippen LogP contribution >= 0.6 is 15.9 Å². The Balaban J connectivity index is 1.86. The number of nitrogens with one attached hydrogen (secondary N) is 1. The van der Waals surface area contributed by atoms with E-state index in [0.717, 1.165) is 38.8 Å². The molecule has 0 atom stereocenters. The third-order valence-electron chi connectivity index (χ3n) is 5.50. The Morgan fingerprint density at radius 2 is 1.67 bits per heavy atom. The standard InChI is InChI=1S/C26H29BrN2O3S/c1-4-22-17-23(27)16-20(3)26(22)28-25(30)18-29(15-14-21-8-6-5-7-9-21)33(31,32)24-12-10-19(2)11-13-24/h5-13,16-17H,4,14-15,18H2,1-3H3,(H,28,30). The molecule has 0 bridgehead atoms. The summed E-state index contributed by atoms with van der Waals surface area (Å²) in [6.07, 6.45) is 1.26. The first-order valence-electron chi connectivity index (χ1n) is 10.9. The van der Waals surface area contributed by atoms with Crippen molar-refractivity contribution in [1.29, 1.82) is 0 Å². The number of carbonyl (C=O) groups is 1. The molecule has 0 spiro atoms. The normalized spacial score (nSPS) is 11.5. The maximum Gasteiger partial charge on any atom is 0.243 e. The third kappa shape index (κ3) is 6.53. The second kappa shape index (κ2) is 11.1. The van der Waals surface area contributed by atoms with E-state index in [1.807, 2.05) is 63.2 Å². The molecule has 0 unspecified atom stereocenters. The molecular formula is C26H29BrN2O3S. The van der Waals surface area contributed by atoms with Crippen LogP contribution in [0.3, 0.4) is 0 Å². The molecule has 33 heavy (non-hydrogen) atoms. The van der Waals surface area contributed by atoms with Crippen LogP contribution in [0.2, 0.25) is 0 Å². The number of rotatable bonds is 9. The van der Waals surface area contributed by atoms with E-state index < -0.39 is 10.0 Å². The monoisotopic (exact) mass is 528 g/mol. The molecule has 0 aliphatic heterocycles. The van der Waals surface area contributed by atoms with Crippen LogP contribution in [0.1, 0.15) is 29.2 Å². The molecule has 0 saturated heterocycles. The van der Waals surface area contributed by atoms with E-state index in [1.165, 1.54) is 4.31 Å². The fourth-order valence-electron chi connectivity index (χ4n) is 3.65. The minimum atomic E-state index is -3.84. The summed E-state index contributed by atoms with van der Waals surface area (Å²) in [5, 5.41) is 2.95.